The Morgan fingerprint density at radius 3 is 2.36 bits per heavy atom. The summed E-state index contributed by atoms with van der Waals surface area (Å²) in [5.41, 5.74) is -4.02. The number of aromatic nitrogens is 2. The molecule has 0 aliphatic carbocycles. The van der Waals surface area contributed by atoms with Gasteiger partial charge in [-0.15, -0.1) is 0 Å². The Balaban J connectivity index is 2.44. The summed E-state index contributed by atoms with van der Waals surface area (Å²) in [5.74, 6) is -0.711. The molecule has 0 aliphatic heterocycles. The fourth-order valence-corrected chi connectivity index (χ4v) is 3.55. The third-order valence-corrected chi connectivity index (χ3v) is 6.37. The molecule has 0 fully saturated rings. The lowest BCUT2D eigenvalue weighted by molar-refractivity contribution is -0.252. The van der Waals surface area contributed by atoms with Gasteiger partial charge in [-0.2, -0.15) is 13.2 Å². The molecule has 0 spiro atoms. The fourth-order valence-electron chi connectivity index (χ4n) is 2.53. The number of aldehydes is 1. The van der Waals surface area contributed by atoms with E-state index in [9.17, 15) is 23.1 Å². The molecule has 1 unspecified atom stereocenters. The molecule has 0 saturated carbocycles. The standard InChI is InChI=1S/C18H22BrF3N2O3Si/c1-28(2,3)9-8-27-12-24-10-15(11-25)23-16(24)17(26,18(20,21)22)13-4-6-14(19)7-5-13/h4-7,10-11,26H,8-9,12H2,1-3H3. The van der Waals surface area contributed by atoms with Crippen LogP contribution in [-0.2, 0) is 17.1 Å². The van der Waals surface area contributed by atoms with Crippen molar-refractivity contribution in [1.82, 2.24) is 9.55 Å². The van der Waals surface area contributed by atoms with E-state index in [1.54, 1.807) is 0 Å². The first kappa shape index (κ1) is 22.8. The van der Waals surface area contributed by atoms with Crippen molar-refractivity contribution in [2.75, 3.05) is 6.61 Å². The van der Waals surface area contributed by atoms with E-state index in [0.717, 1.165) is 28.9 Å². The second kappa shape index (κ2) is 8.48. The number of carbonyl (C=O) groups excluding carboxylic acids is 1. The van der Waals surface area contributed by atoms with E-state index >= 15 is 0 Å². The first-order chi connectivity index (χ1) is 12.9. The smallest absolute Gasteiger partial charge is 0.370 e. The van der Waals surface area contributed by atoms with Crippen molar-refractivity contribution in [3.05, 3.63) is 52.0 Å². The number of hydrogen-bond acceptors (Lipinski definition) is 4. The van der Waals surface area contributed by atoms with Crippen molar-refractivity contribution < 1.29 is 27.8 Å². The summed E-state index contributed by atoms with van der Waals surface area (Å²) in [5, 5.41) is 10.8. The highest BCUT2D eigenvalue weighted by molar-refractivity contribution is 9.10. The Bertz CT molecular complexity index is 819. The monoisotopic (exact) mass is 478 g/mol. The first-order valence-corrected chi connectivity index (χ1v) is 13.0. The van der Waals surface area contributed by atoms with Gasteiger partial charge >= 0.3 is 6.18 Å². The minimum atomic E-state index is -5.07. The zero-order valence-corrected chi connectivity index (χ0v) is 18.3. The molecular weight excluding hydrogens is 457 g/mol. The van der Waals surface area contributed by atoms with Crippen LogP contribution in [0, 0.1) is 0 Å². The number of imidazole rings is 1. The Kier molecular flexibility index (Phi) is 6.90. The molecule has 10 heteroatoms. The minimum Gasteiger partial charge on any atom is -0.370 e. The average Bonchev–Trinajstić information content (AvgIpc) is 3.00. The lowest BCUT2D eigenvalue weighted by atomic mass is 9.92. The molecule has 1 aromatic heterocycles. The van der Waals surface area contributed by atoms with E-state index in [-0.39, 0.29) is 12.4 Å². The van der Waals surface area contributed by atoms with Crippen LogP contribution in [0.5, 0.6) is 0 Å². The molecule has 0 bridgehead atoms. The van der Waals surface area contributed by atoms with Crippen LogP contribution in [0.25, 0.3) is 0 Å². The number of aliphatic hydroxyl groups is 1. The van der Waals surface area contributed by atoms with Crippen molar-refractivity contribution in [1.29, 1.82) is 0 Å². The molecule has 0 radical (unpaired) electrons. The van der Waals surface area contributed by atoms with E-state index in [2.05, 4.69) is 40.6 Å². The molecule has 1 heterocycles. The lowest BCUT2D eigenvalue weighted by Gasteiger charge is -2.31. The first-order valence-electron chi connectivity index (χ1n) is 8.54. The van der Waals surface area contributed by atoms with Crippen molar-refractivity contribution in [3.63, 3.8) is 0 Å². The second-order valence-electron chi connectivity index (χ2n) is 7.64. The molecule has 5 nitrogen and oxygen atoms in total. The number of benzene rings is 1. The van der Waals surface area contributed by atoms with Crippen molar-refractivity contribution >= 4 is 30.3 Å². The van der Waals surface area contributed by atoms with Gasteiger partial charge in [-0.3, -0.25) is 4.79 Å². The highest BCUT2D eigenvalue weighted by atomic mass is 79.9. The van der Waals surface area contributed by atoms with Crippen LogP contribution in [0.15, 0.2) is 34.9 Å². The molecule has 1 atom stereocenters. The van der Waals surface area contributed by atoms with E-state index in [4.69, 9.17) is 4.74 Å². The highest BCUT2D eigenvalue weighted by Gasteiger charge is 2.59. The van der Waals surface area contributed by atoms with Crippen LogP contribution in [0.1, 0.15) is 21.9 Å². The van der Waals surface area contributed by atoms with Crippen LogP contribution < -0.4 is 0 Å². The summed E-state index contributed by atoms with van der Waals surface area (Å²) in [7, 11) is -1.38. The van der Waals surface area contributed by atoms with E-state index in [1.807, 2.05) is 0 Å². The van der Waals surface area contributed by atoms with E-state index < -0.39 is 31.2 Å². The average molecular weight is 479 g/mol. The molecule has 2 aromatic rings. The number of nitrogens with zero attached hydrogens (tertiary/aromatic N) is 2. The molecule has 1 N–H and O–H groups in total. The zero-order valence-electron chi connectivity index (χ0n) is 15.8. The van der Waals surface area contributed by atoms with Gasteiger partial charge in [0.15, 0.2) is 12.1 Å². The number of rotatable bonds is 8. The number of hydrogen-bond donors (Lipinski definition) is 1. The van der Waals surface area contributed by atoms with Crippen molar-refractivity contribution in [3.8, 4) is 0 Å². The van der Waals surface area contributed by atoms with Gasteiger partial charge in [-0.1, -0.05) is 47.7 Å². The number of ether oxygens (including phenoxy) is 1. The molecule has 28 heavy (non-hydrogen) atoms. The Hall–Kier alpha value is -1.49. The van der Waals surface area contributed by atoms with Crippen LogP contribution >= 0.6 is 15.9 Å². The minimum absolute atomic E-state index is 0.219. The van der Waals surface area contributed by atoms with Crippen LogP contribution in [-0.4, -0.2) is 41.8 Å². The maximum Gasteiger partial charge on any atom is 0.428 e. The molecule has 154 valence electrons. The molecule has 2 rings (SSSR count). The normalized spacial score (nSPS) is 14.7. The van der Waals surface area contributed by atoms with Crippen LogP contribution in [0.2, 0.25) is 25.7 Å². The van der Waals surface area contributed by atoms with Gasteiger partial charge in [0.1, 0.15) is 12.4 Å². The van der Waals surface area contributed by atoms with Crippen LogP contribution in [0.3, 0.4) is 0 Å². The van der Waals surface area contributed by atoms with Gasteiger partial charge in [0.05, 0.1) is 0 Å². The SMILES string of the molecule is C[Si](C)(C)CCOCn1cc(C=O)nc1C(O)(c1ccc(Br)cc1)C(F)(F)F. The Morgan fingerprint density at radius 1 is 1.25 bits per heavy atom. The summed E-state index contributed by atoms with van der Waals surface area (Å²) in [4.78, 5) is 14.8. The van der Waals surface area contributed by atoms with E-state index in [1.165, 1.54) is 12.1 Å². The summed E-state index contributed by atoms with van der Waals surface area (Å²) in [6, 6.07) is 5.93. The quantitative estimate of drug-likeness (QED) is 0.342. The van der Waals surface area contributed by atoms with Crippen molar-refractivity contribution in [2.24, 2.45) is 0 Å². The van der Waals surface area contributed by atoms with Gasteiger partial charge in [0, 0.05) is 30.9 Å². The van der Waals surface area contributed by atoms with Crippen LogP contribution in [0.4, 0.5) is 13.2 Å². The van der Waals surface area contributed by atoms with Gasteiger partial charge in [0.25, 0.3) is 0 Å². The topological polar surface area (TPSA) is 64.4 Å². The fraction of sp³-hybridized carbons (Fsp3) is 0.444. The summed E-state index contributed by atoms with van der Waals surface area (Å²) in [6.45, 7) is 6.57. The Labute approximate surface area is 170 Å². The van der Waals surface area contributed by atoms with Crippen molar-refractivity contribution in [2.45, 2.75) is 44.2 Å². The van der Waals surface area contributed by atoms with Gasteiger partial charge in [-0.25, -0.2) is 4.98 Å². The molecular formula is C18H22BrF3N2O3Si. The van der Waals surface area contributed by atoms with Gasteiger partial charge < -0.3 is 14.4 Å². The summed E-state index contributed by atoms with van der Waals surface area (Å²) in [6.07, 6.45) is -3.59. The predicted molar refractivity (Wildman–Crippen MR) is 105 cm³/mol. The predicted octanol–water partition coefficient (Wildman–Crippen LogP) is 4.57. The maximum atomic E-state index is 14.0. The number of halogens is 4. The lowest BCUT2D eigenvalue weighted by Crippen LogP contribution is -2.45. The number of alkyl halides is 3. The maximum absolute atomic E-state index is 14.0. The second-order valence-corrected chi connectivity index (χ2v) is 14.2. The molecule has 0 saturated heterocycles. The third kappa shape index (κ3) is 5.10. The highest BCUT2D eigenvalue weighted by Crippen LogP contribution is 2.44. The largest absolute Gasteiger partial charge is 0.428 e. The summed E-state index contributed by atoms with van der Waals surface area (Å²) >= 11 is 3.16. The third-order valence-electron chi connectivity index (χ3n) is 4.14. The van der Waals surface area contributed by atoms with Gasteiger partial charge in [-0.05, 0) is 18.2 Å². The van der Waals surface area contributed by atoms with E-state index in [0.29, 0.717) is 17.4 Å². The molecule has 0 amide bonds. The summed E-state index contributed by atoms with van der Waals surface area (Å²) < 4.78 is 49.0. The van der Waals surface area contributed by atoms with Gasteiger partial charge in [0.2, 0.25) is 5.60 Å². The molecule has 0 aliphatic rings. The zero-order chi connectivity index (χ0) is 21.2. The number of carbonyl (C=O) groups is 1. The molecule has 1 aromatic carbocycles. The Morgan fingerprint density at radius 2 is 1.86 bits per heavy atom.